The van der Waals surface area contributed by atoms with Crippen LogP contribution in [-0.4, -0.2) is 9.55 Å². The van der Waals surface area contributed by atoms with Crippen molar-refractivity contribution in [2.45, 2.75) is 46.6 Å². The Hall–Kier alpha value is -2.35. The molecule has 0 saturated heterocycles. The standard InChI is InChI=1S/C23H26N2/c1-22(2,3)15-17-11-12-19-20-18(17)13-14-23(4,5)25(20)21(24-19)16-9-7-6-8-10-16/h6-14H,15H2,1-5H3. The highest BCUT2D eigenvalue weighted by Gasteiger charge is 2.30. The summed E-state index contributed by atoms with van der Waals surface area (Å²) in [4.78, 5) is 5.01. The number of aromatic nitrogens is 2. The van der Waals surface area contributed by atoms with Crippen molar-refractivity contribution in [1.29, 1.82) is 0 Å². The third-order valence-corrected chi connectivity index (χ3v) is 4.93. The maximum Gasteiger partial charge on any atom is 0.141 e. The van der Waals surface area contributed by atoms with Gasteiger partial charge in [0.2, 0.25) is 0 Å². The molecule has 0 atom stereocenters. The highest BCUT2D eigenvalue weighted by molar-refractivity contribution is 5.92. The lowest BCUT2D eigenvalue weighted by Gasteiger charge is -2.31. The fraction of sp³-hybridized carbons (Fsp3) is 0.348. The molecule has 2 aromatic carbocycles. The molecule has 0 unspecified atom stereocenters. The molecule has 1 aliphatic rings. The van der Waals surface area contributed by atoms with Crippen molar-refractivity contribution in [3.8, 4) is 11.4 Å². The summed E-state index contributed by atoms with van der Waals surface area (Å²) in [6.45, 7) is 11.4. The van der Waals surface area contributed by atoms with E-state index in [4.69, 9.17) is 4.98 Å². The highest BCUT2D eigenvalue weighted by Crippen LogP contribution is 2.40. The van der Waals surface area contributed by atoms with E-state index in [1.54, 1.807) is 0 Å². The van der Waals surface area contributed by atoms with E-state index < -0.39 is 0 Å². The first kappa shape index (κ1) is 16.1. The molecule has 0 amide bonds. The lowest BCUT2D eigenvalue weighted by Crippen LogP contribution is -2.27. The Balaban J connectivity index is 2.03. The summed E-state index contributed by atoms with van der Waals surface area (Å²) < 4.78 is 2.42. The van der Waals surface area contributed by atoms with Crippen molar-refractivity contribution in [2.24, 2.45) is 5.41 Å². The van der Waals surface area contributed by atoms with Crippen molar-refractivity contribution in [3.05, 3.63) is 59.7 Å². The third-order valence-electron chi connectivity index (χ3n) is 4.93. The Morgan fingerprint density at radius 2 is 1.72 bits per heavy atom. The van der Waals surface area contributed by atoms with Crippen LogP contribution in [0.1, 0.15) is 45.7 Å². The zero-order chi connectivity index (χ0) is 17.8. The van der Waals surface area contributed by atoms with Gasteiger partial charge < -0.3 is 4.57 Å². The molecule has 0 N–H and O–H groups in total. The monoisotopic (exact) mass is 330 g/mol. The van der Waals surface area contributed by atoms with Crippen LogP contribution in [0.4, 0.5) is 0 Å². The van der Waals surface area contributed by atoms with E-state index >= 15 is 0 Å². The van der Waals surface area contributed by atoms with Gasteiger partial charge in [-0.25, -0.2) is 4.98 Å². The van der Waals surface area contributed by atoms with Gasteiger partial charge in [0.1, 0.15) is 5.82 Å². The number of benzene rings is 2. The van der Waals surface area contributed by atoms with Crippen LogP contribution in [0, 0.1) is 5.41 Å². The Morgan fingerprint density at radius 3 is 2.40 bits per heavy atom. The van der Waals surface area contributed by atoms with Crippen molar-refractivity contribution >= 4 is 17.1 Å². The van der Waals surface area contributed by atoms with Crippen LogP contribution in [0.5, 0.6) is 0 Å². The molecule has 3 aromatic rings. The van der Waals surface area contributed by atoms with Crippen molar-refractivity contribution in [1.82, 2.24) is 9.55 Å². The average molecular weight is 330 g/mol. The topological polar surface area (TPSA) is 17.8 Å². The van der Waals surface area contributed by atoms with E-state index in [0.29, 0.717) is 0 Å². The normalized spacial score (nSPS) is 15.7. The molecule has 2 nitrogen and oxygen atoms in total. The molecule has 0 aliphatic carbocycles. The average Bonchev–Trinajstić information content (AvgIpc) is 2.93. The van der Waals surface area contributed by atoms with Gasteiger partial charge in [0.15, 0.2) is 0 Å². The van der Waals surface area contributed by atoms with Crippen LogP contribution in [-0.2, 0) is 12.0 Å². The third kappa shape index (κ3) is 2.70. The van der Waals surface area contributed by atoms with Crippen molar-refractivity contribution < 1.29 is 0 Å². The van der Waals surface area contributed by atoms with Gasteiger partial charge in [-0.2, -0.15) is 0 Å². The van der Waals surface area contributed by atoms with Gasteiger partial charge in [0.05, 0.1) is 16.6 Å². The molecule has 2 heterocycles. The Bertz CT molecular complexity index is 967. The molecule has 0 saturated carbocycles. The van der Waals surface area contributed by atoms with E-state index in [1.165, 1.54) is 22.2 Å². The van der Waals surface area contributed by atoms with Crippen molar-refractivity contribution in [3.63, 3.8) is 0 Å². The van der Waals surface area contributed by atoms with Crippen LogP contribution in [0.15, 0.2) is 48.5 Å². The second-order valence-corrected chi connectivity index (χ2v) is 8.87. The van der Waals surface area contributed by atoms with Gasteiger partial charge >= 0.3 is 0 Å². The molecule has 25 heavy (non-hydrogen) atoms. The largest absolute Gasteiger partial charge is 0.314 e. The first-order chi connectivity index (χ1) is 11.8. The zero-order valence-corrected chi connectivity index (χ0v) is 15.8. The Kier molecular flexibility index (Phi) is 3.44. The summed E-state index contributed by atoms with van der Waals surface area (Å²) in [5.41, 5.74) is 6.45. The van der Waals surface area contributed by atoms with E-state index in [-0.39, 0.29) is 11.0 Å². The van der Waals surface area contributed by atoms with Crippen LogP contribution in [0.25, 0.3) is 28.5 Å². The second-order valence-electron chi connectivity index (χ2n) is 8.87. The molecule has 0 radical (unpaired) electrons. The SMILES string of the molecule is CC(C)(C)Cc1ccc2nc(-c3ccccc3)n3c2c1C=CC3(C)C. The minimum Gasteiger partial charge on any atom is -0.314 e. The van der Waals surface area contributed by atoms with E-state index in [2.05, 4.69) is 93.8 Å². The van der Waals surface area contributed by atoms with Gasteiger partial charge in [-0.3, -0.25) is 0 Å². The molecule has 1 aromatic heterocycles. The zero-order valence-electron chi connectivity index (χ0n) is 15.8. The van der Waals surface area contributed by atoms with Gasteiger partial charge in [0, 0.05) is 11.1 Å². The van der Waals surface area contributed by atoms with E-state index in [9.17, 15) is 0 Å². The lowest BCUT2D eigenvalue weighted by molar-refractivity contribution is 0.410. The number of rotatable bonds is 2. The van der Waals surface area contributed by atoms with Crippen LogP contribution in [0.2, 0.25) is 0 Å². The lowest BCUT2D eigenvalue weighted by atomic mass is 9.84. The summed E-state index contributed by atoms with van der Waals surface area (Å²) in [5.74, 6) is 1.05. The minimum absolute atomic E-state index is 0.0900. The highest BCUT2D eigenvalue weighted by atomic mass is 15.1. The fourth-order valence-corrected chi connectivity index (χ4v) is 3.85. The molecule has 2 heteroatoms. The molecule has 1 aliphatic heterocycles. The first-order valence-electron chi connectivity index (χ1n) is 9.06. The van der Waals surface area contributed by atoms with Gasteiger partial charge in [-0.05, 0) is 37.3 Å². The van der Waals surface area contributed by atoms with Crippen LogP contribution >= 0.6 is 0 Å². The summed E-state index contributed by atoms with van der Waals surface area (Å²) in [7, 11) is 0. The number of hydrogen-bond donors (Lipinski definition) is 0. The molecule has 0 fully saturated rings. The number of hydrogen-bond acceptors (Lipinski definition) is 1. The second kappa shape index (κ2) is 5.32. The minimum atomic E-state index is -0.0900. The predicted molar refractivity (Wildman–Crippen MR) is 107 cm³/mol. The summed E-state index contributed by atoms with van der Waals surface area (Å²) in [6, 6.07) is 15.0. The summed E-state index contributed by atoms with van der Waals surface area (Å²) >= 11 is 0. The molecule has 4 rings (SSSR count). The summed E-state index contributed by atoms with van der Waals surface area (Å²) in [6.07, 6.45) is 5.68. The van der Waals surface area contributed by atoms with Gasteiger partial charge in [0.25, 0.3) is 0 Å². The first-order valence-corrected chi connectivity index (χ1v) is 9.06. The Labute approximate surface area is 150 Å². The van der Waals surface area contributed by atoms with E-state index in [0.717, 1.165) is 17.8 Å². The van der Waals surface area contributed by atoms with Crippen molar-refractivity contribution in [2.75, 3.05) is 0 Å². The maximum absolute atomic E-state index is 5.01. The molecule has 128 valence electrons. The Morgan fingerprint density at radius 1 is 1.00 bits per heavy atom. The molecular weight excluding hydrogens is 304 g/mol. The summed E-state index contributed by atoms with van der Waals surface area (Å²) in [5, 5.41) is 0. The van der Waals surface area contributed by atoms with Crippen LogP contribution < -0.4 is 0 Å². The maximum atomic E-state index is 5.01. The predicted octanol–water partition coefficient (Wildman–Crippen LogP) is 6.05. The number of nitrogens with zero attached hydrogens (tertiary/aromatic N) is 2. The molecular formula is C23H26N2. The smallest absolute Gasteiger partial charge is 0.141 e. The number of imidazole rings is 1. The van der Waals surface area contributed by atoms with Crippen LogP contribution in [0.3, 0.4) is 0 Å². The van der Waals surface area contributed by atoms with E-state index in [1.807, 2.05) is 0 Å². The molecule has 0 spiro atoms. The molecule has 0 bridgehead atoms. The van der Waals surface area contributed by atoms with Gasteiger partial charge in [-0.1, -0.05) is 69.3 Å². The van der Waals surface area contributed by atoms with Gasteiger partial charge in [-0.15, -0.1) is 0 Å². The fourth-order valence-electron chi connectivity index (χ4n) is 3.85. The quantitative estimate of drug-likeness (QED) is 0.559. The number of allylic oxidation sites excluding steroid dienone is 1.